The molecule has 7 aromatic rings. The van der Waals surface area contributed by atoms with Crippen molar-refractivity contribution in [1.82, 2.24) is 9.55 Å². The topological polar surface area (TPSA) is 27.1 Å². The molecule has 45 heavy (non-hydrogen) atoms. The van der Waals surface area contributed by atoms with Crippen molar-refractivity contribution in [2.45, 2.75) is 26.2 Å². The molecule has 0 spiro atoms. The summed E-state index contributed by atoms with van der Waals surface area (Å²) in [5, 5.41) is 4.80. The van der Waals surface area contributed by atoms with Gasteiger partial charge in [-0.3, -0.25) is 0 Å². The molecular formula is C40H33N2OPPt-2. The number of rotatable bonds is 7. The van der Waals surface area contributed by atoms with Gasteiger partial charge >= 0.3 is 0 Å². The molecule has 5 heteroatoms. The zero-order valence-corrected chi connectivity index (χ0v) is 28.4. The predicted octanol–water partition coefficient (Wildman–Crippen LogP) is 8.95. The van der Waals surface area contributed by atoms with Crippen LogP contribution in [0, 0.1) is 18.7 Å². The molecule has 0 aliphatic carbocycles. The third-order valence-electron chi connectivity index (χ3n) is 8.02. The van der Waals surface area contributed by atoms with E-state index in [0.29, 0.717) is 11.5 Å². The van der Waals surface area contributed by atoms with Gasteiger partial charge < -0.3 is 9.30 Å². The Labute approximate surface area is 283 Å². The number of fused-ring (bicyclic) bond motifs is 3. The van der Waals surface area contributed by atoms with Gasteiger partial charge in [-0.05, 0) is 71.4 Å². The van der Waals surface area contributed by atoms with Gasteiger partial charge in [0.1, 0.15) is 5.82 Å². The molecule has 0 amide bonds. The molecule has 0 bridgehead atoms. The molecule has 0 fully saturated rings. The molecule has 0 saturated carbocycles. The molecular weight excluding hydrogens is 751 g/mol. The molecule has 0 aliphatic rings. The van der Waals surface area contributed by atoms with Crippen molar-refractivity contribution in [1.29, 1.82) is 0 Å². The van der Waals surface area contributed by atoms with E-state index in [1.807, 2.05) is 97.2 Å². The van der Waals surface area contributed by atoms with Gasteiger partial charge in [0.25, 0.3) is 0 Å². The standard InChI is InChI=1S/C40H33N2OP.Pt/c1-40(2,3)29-24-25-41-39(26-29)42-37-21-12-11-20-35(37)36-23-22-31(28-38(36)42)43-30-14-13-19-34(27-30)44(4,32-15-7-5-8-16-32)33-17-9-6-10-18-33;/h5-26H,4H2,1-3H3;/q-2;/i4D2;. The minimum Gasteiger partial charge on any atom is -0.509 e. The third kappa shape index (κ3) is 5.77. The molecule has 0 saturated heterocycles. The summed E-state index contributed by atoms with van der Waals surface area (Å²) in [6.07, 6.45) is 1.87. The van der Waals surface area contributed by atoms with Crippen LogP contribution in [0.3, 0.4) is 0 Å². The first-order valence-electron chi connectivity index (χ1n) is 15.7. The van der Waals surface area contributed by atoms with E-state index in [1.165, 1.54) is 5.56 Å². The molecule has 7 rings (SSSR count). The second kappa shape index (κ2) is 12.4. The normalized spacial score (nSPS) is 12.5. The zero-order chi connectivity index (χ0) is 31.9. The second-order valence-corrected chi connectivity index (χ2v) is 14.8. The summed E-state index contributed by atoms with van der Waals surface area (Å²) >= 11 is 0. The van der Waals surface area contributed by atoms with Crippen molar-refractivity contribution < 1.29 is 28.5 Å². The SMILES string of the molecule is [2H][C-]([2H])[P+](c1[c-]c(Oc2[c-]c3c(cc2)c2ccccc2n3-c2cc(C(C)(C)C)ccn2)ccc1)(c1ccccc1)c1ccccc1.[Pt]. The van der Waals surface area contributed by atoms with Crippen molar-refractivity contribution in [2.24, 2.45) is 0 Å². The quantitative estimate of drug-likeness (QED) is 0.119. The molecule has 3 nitrogen and oxygen atoms in total. The predicted molar refractivity (Wildman–Crippen MR) is 186 cm³/mol. The Bertz CT molecular complexity index is 2120. The molecule has 5 aromatic carbocycles. The Morgan fingerprint density at radius 2 is 1.40 bits per heavy atom. The van der Waals surface area contributed by atoms with Crippen LogP contribution >= 0.6 is 7.26 Å². The minimum atomic E-state index is -2.79. The molecule has 0 N–H and O–H groups in total. The van der Waals surface area contributed by atoms with Gasteiger partial charge in [-0.2, -0.15) is 21.5 Å². The summed E-state index contributed by atoms with van der Waals surface area (Å²) in [6.45, 7) is 6.47. The fourth-order valence-electron chi connectivity index (χ4n) is 5.72. The Hall–Kier alpha value is -4.03. The first-order chi connectivity index (χ1) is 22.3. The van der Waals surface area contributed by atoms with Gasteiger partial charge in [0.05, 0.1) is 10.6 Å². The van der Waals surface area contributed by atoms with Crippen LogP contribution in [-0.4, -0.2) is 9.55 Å². The maximum absolute atomic E-state index is 8.85. The number of aromatic nitrogens is 2. The van der Waals surface area contributed by atoms with E-state index in [9.17, 15) is 0 Å². The van der Waals surface area contributed by atoms with Gasteiger partial charge in [0.15, 0.2) is 0 Å². The molecule has 0 atom stereocenters. The van der Waals surface area contributed by atoms with E-state index >= 15 is 0 Å². The first kappa shape index (κ1) is 28.4. The maximum atomic E-state index is 8.85. The molecule has 2 heterocycles. The molecule has 0 unspecified atom stereocenters. The molecule has 0 aliphatic heterocycles. The Kier molecular flexibility index (Phi) is 7.84. The molecule has 0 radical (unpaired) electrons. The Morgan fingerprint density at radius 3 is 2.09 bits per heavy atom. The van der Waals surface area contributed by atoms with Gasteiger partial charge in [-0.15, -0.1) is 29.7 Å². The monoisotopic (exact) mass is 785 g/mol. The van der Waals surface area contributed by atoms with E-state index in [-0.39, 0.29) is 33.1 Å². The summed E-state index contributed by atoms with van der Waals surface area (Å²) in [6, 6.07) is 49.1. The largest absolute Gasteiger partial charge is 0.509 e. The van der Waals surface area contributed by atoms with Crippen molar-refractivity contribution in [2.75, 3.05) is 0 Å². The van der Waals surface area contributed by atoms with Crippen LogP contribution in [0.15, 0.2) is 134 Å². The molecule has 2 aromatic heterocycles. The molecule has 226 valence electrons. The fraction of sp³-hybridized carbons (Fsp3) is 0.100. The van der Waals surface area contributed by atoms with Crippen LogP contribution in [0.1, 0.15) is 29.1 Å². The summed E-state index contributed by atoms with van der Waals surface area (Å²) in [5.41, 5.74) is 3.09. The van der Waals surface area contributed by atoms with Crippen LogP contribution in [0.25, 0.3) is 27.6 Å². The minimum absolute atomic E-state index is 0. The zero-order valence-electron chi connectivity index (χ0n) is 27.3. The van der Waals surface area contributed by atoms with Crippen LogP contribution < -0.4 is 20.7 Å². The maximum Gasteiger partial charge on any atom is 0.135 e. The Balaban J connectivity index is 0.00000386. The smallest absolute Gasteiger partial charge is 0.135 e. The number of nitrogens with zero attached hydrogens (tertiary/aromatic N) is 2. The summed E-state index contributed by atoms with van der Waals surface area (Å²) in [5.74, 6) is 1.87. The van der Waals surface area contributed by atoms with Crippen LogP contribution in [-0.2, 0) is 26.5 Å². The van der Waals surface area contributed by atoms with Gasteiger partial charge in [0, 0.05) is 44.3 Å². The number of benzene rings is 5. The van der Waals surface area contributed by atoms with Crippen molar-refractivity contribution in [3.63, 3.8) is 0 Å². The van der Waals surface area contributed by atoms with Crippen molar-refractivity contribution in [3.8, 4) is 17.3 Å². The van der Waals surface area contributed by atoms with E-state index in [2.05, 4.69) is 73.9 Å². The first-order valence-corrected chi connectivity index (χ1v) is 16.5. The number of hydrogen-bond acceptors (Lipinski definition) is 2. The summed E-state index contributed by atoms with van der Waals surface area (Å²) in [7, 11) is -2.79. The number of para-hydroxylation sites is 1. The number of hydrogen-bond donors (Lipinski definition) is 0. The number of ether oxygens (including phenoxy) is 1. The second-order valence-electron chi connectivity index (χ2n) is 11.9. The van der Waals surface area contributed by atoms with E-state index < -0.39 is 7.26 Å². The average molecular weight is 786 g/mol. The van der Waals surface area contributed by atoms with E-state index in [0.717, 1.165) is 43.5 Å². The van der Waals surface area contributed by atoms with E-state index in [1.54, 1.807) is 0 Å². The third-order valence-corrected chi connectivity index (χ3v) is 11.1. The van der Waals surface area contributed by atoms with Gasteiger partial charge in [-0.25, -0.2) is 4.98 Å². The van der Waals surface area contributed by atoms with E-state index in [4.69, 9.17) is 12.5 Å². The van der Waals surface area contributed by atoms with Crippen LogP contribution in [0.2, 0.25) is 0 Å². The van der Waals surface area contributed by atoms with Gasteiger partial charge in [0.2, 0.25) is 0 Å². The summed E-state index contributed by atoms with van der Waals surface area (Å²) in [4.78, 5) is 4.78. The van der Waals surface area contributed by atoms with Gasteiger partial charge in [-0.1, -0.05) is 87.0 Å². The van der Waals surface area contributed by atoms with Crippen molar-refractivity contribution in [3.05, 3.63) is 158 Å². The fourth-order valence-corrected chi connectivity index (χ4v) is 8.40. The average Bonchev–Trinajstić information content (AvgIpc) is 3.39. The number of pyridine rings is 1. The summed E-state index contributed by atoms with van der Waals surface area (Å²) < 4.78 is 26.3. The Morgan fingerprint density at radius 1 is 0.733 bits per heavy atom. The van der Waals surface area contributed by atoms with Crippen molar-refractivity contribution >= 4 is 45.0 Å². The van der Waals surface area contributed by atoms with Crippen LogP contribution in [0.5, 0.6) is 11.5 Å². The van der Waals surface area contributed by atoms with Crippen LogP contribution in [0.4, 0.5) is 0 Å².